The molecular weight excluding hydrogens is 1310 g/mol. The summed E-state index contributed by atoms with van der Waals surface area (Å²) in [5.74, 6) is 0. The van der Waals surface area contributed by atoms with Crippen LogP contribution in [0.3, 0.4) is 0 Å². The molecule has 474 valence electrons. The second-order valence-corrected chi connectivity index (χ2v) is 29.0. The smallest absolute Gasteiger partial charge is 0.168 e. The molecule has 16 heteroatoms. The summed E-state index contributed by atoms with van der Waals surface area (Å²) in [6, 6.07) is 48.3. The van der Waals surface area contributed by atoms with Crippen LogP contribution in [-0.4, -0.2) is 50.6 Å². The lowest BCUT2D eigenvalue weighted by Crippen LogP contribution is -3.00. The molecule has 0 radical (unpaired) electrons. The Balaban J connectivity index is 0.000000208. The monoisotopic (exact) mass is 1400 g/mol. The summed E-state index contributed by atoms with van der Waals surface area (Å²) in [5.41, 5.74) is 18.1. The molecule has 8 N–H and O–H groups in total. The number of hydrogen-bond acceptors (Lipinski definition) is 0. The fourth-order valence-corrected chi connectivity index (χ4v) is 11.9. The van der Waals surface area contributed by atoms with E-state index in [1.54, 1.807) is 0 Å². The van der Waals surface area contributed by atoms with Crippen molar-refractivity contribution >= 4 is 46.4 Å². The average molecular weight is 1400 g/mol. The zero-order chi connectivity index (χ0) is 62.7. The Labute approximate surface area is 565 Å². The number of aromatic amines is 8. The number of alkyl halides is 4. The molecule has 16 bridgehead atoms. The molecule has 0 amide bonds. The average Bonchev–Trinajstić information content (AvgIpc) is 2.13. The van der Waals surface area contributed by atoms with Gasteiger partial charge in [-0.2, -0.15) is 0 Å². The van der Waals surface area contributed by atoms with Crippen LogP contribution in [0, 0.1) is 0 Å². The quantitative estimate of drug-likeness (QED) is 0.0474. The molecule has 12 rings (SSSR count). The lowest BCUT2D eigenvalue weighted by atomic mass is 9.85. The van der Waals surface area contributed by atoms with Gasteiger partial charge in [0.1, 0.15) is 13.1 Å². The second kappa shape index (κ2) is 28.4. The number of H-pyrrole nitrogens is 8. The fraction of sp³-hybridized carbons (Fsp3) is 0.417. The second-order valence-electron chi connectivity index (χ2n) is 27.4. The maximum Gasteiger partial charge on any atom is 0.168 e. The molecule has 2 aliphatic rings. The minimum Gasteiger partial charge on any atom is -1.00 e. The molecule has 10 aromatic rings. The Hall–Kier alpha value is -5.34. The number of nitrogens with zero attached hydrogens (tertiary/aromatic N) is 2. The van der Waals surface area contributed by atoms with Gasteiger partial charge < -0.3 is 73.8 Å². The molecule has 0 fully saturated rings. The van der Waals surface area contributed by atoms with E-state index in [4.69, 9.17) is 46.4 Å². The van der Waals surface area contributed by atoms with Crippen molar-refractivity contribution in [2.24, 2.45) is 0 Å². The number of halogens is 6. The van der Waals surface area contributed by atoms with Gasteiger partial charge >= 0.3 is 0 Å². The van der Waals surface area contributed by atoms with Gasteiger partial charge in [0.15, 0.2) is 24.8 Å². The lowest BCUT2D eigenvalue weighted by molar-refractivity contribution is -0.708. The van der Waals surface area contributed by atoms with E-state index in [-0.39, 0.29) is 88.0 Å². The summed E-state index contributed by atoms with van der Waals surface area (Å²) in [6.45, 7) is 38.7. The first-order valence-electron chi connectivity index (χ1n) is 30.2. The molecule has 2 aliphatic heterocycles. The Bertz CT molecular complexity index is 2950. The third kappa shape index (κ3) is 14.8. The number of aromatic nitrogens is 10. The molecule has 0 saturated carbocycles. The summed E-state index contributed by atoms with van der Waals surface area (Å²) in [4.78, 5) is 30.2. The van der Waals surface area contributed by atoms with Crippen molar-refractivity contribution in [1.29, 1.82) is 0 Å². The molecule has 0 saturated heterocycles. The Morgan fingerprint density at radius 2 is 0.352 bits per heavy atom. The van der Waals surface area contributed by atoms with Crippen molar-refractivity contribution in [1.82, 2.24) is 39.9 Å². The molecule has 0 aliphatic carbocycles. The molecule has 10 nitrogen and oxygen atoms in total. The van der Waals surface area contributed by atoms with Crippen LogP contribution in [0.15, 0.2) is 158 Å². The number of nitrogens with one attached hydrogen (secondary N) is 8. The number of fused-ring (bicyclic) bond motifs is 16. The highest BCUT2D eigenvalue weighted by molar-refractivity contribution is 6.41. The SMILES string of the molecule is CC1(C)c2ccc([nH]2)C(C)(C)c2ccc([nH]2)C(C)(C)c2ccc([nH]2)C(C)(C)c2ccc1[nH]2.CC1(C)c2ccc([nH]2)C(C)(C)c2ccc([nH]2)C(C)(C)c2ccc([nH]2)C(C)(C)c2ccc1[nH]2.ClCCl.ClCCl.[Br-].[Br-].c1cc[n+](CCCC[n+]2ccccc2)cc1. The zero-order valence-electron chi connectivity index (χ0n) is 54.4. The predicted molar refractivity (Wildman–Crippen MR) is 359 cm³/mol. The van der Waals surface area contributed by atoms with Crippen LogP contribution < -0.4 is 43.1 Å². The van der Waals surface area contributed by atoms with E-state index in [1.165, 1.54) is 104 Å². The number of pyridine rings is 2. The molecule has 10 aromatic heterocycles. The number of rotatable bonds is 5. The van der Waals surface area contributed by atoms with Crippen molar-refractivity contribution < 1.29 is 43.1 Å². The number of aryl methyl sites for hydroxylation is 2. The standard InChI is InChI=1S/2C28H36N4.C14H18N2.2CH2Cl2.2BrH/c2*1-25(2)17-9-11-19(29-17)26(3,4)21-13-15-23(31-21)28(7,8)24-16-14-22(32-24)27(5,6)20-12-10-18(25)30-20;1-3-9-15(10-4-1)13-7-8-14-16-11-5-2-6-12-16;2*2-1-3;;/h2*9-16,29-32H,1-8H3;1-6,9-12H,7-8,13-14H2;2*1H2;2*1H/q;;+2;;;;/p-2. The highest BCUT2D eigenvalue weighted by atomic mass is 79.9. The largest absolute Gasteiger partial charge is 1.00 e. The van der Waals surface area contributed by atoms with E-state index in [2.05, 4.69) is 318 Å². The van der Waals surface area contributed by atoms with E-state index in [9.17, 15) is 0 Å². The summed E-state index contributed by atoms with van der Waals surface area (Å²) in [5, 5.41) is 0.389. The topological polar surface area (TPSA) is 134 Å². The van der Waals surface area contributed by atoms with Crippen LogP contribution in [0.1, 0.15) is 215 Å². The van der Waals surface area contributed by atoms with E-state index < -0.39 is 0 Å². The maximum absolute atomic E-state index is 4.76. The third-order valence-corrected chi connectivity index (χ3v) is 18.9. The minimum atomic E-state index is -0.163. The van der Waals surface area contributed by atoms with Gasteiger partial charge in [0.05, 0.1) is 10.7 Å². The van der Waals surface area contributed by atoms with Gasteiger partial charge in [-0.1, -0.05) is 12.1 Å². The Morgan fingerprint density at radius 3 is 0.466 bits per heavy atom. The van der Waals surface area contributed by atoms with Gasteiger partial charge in [0.25, 0.3) is 0 Å². The zero-order valence-corrected chi connectivity index (χ0v) is 60.6. The lowest BCUT2D eigenvalue weighted by Gasteiger charge is -2.28. The van der Waals surface area contributed by atoms with Gasteiger partial charge in [-0.25, -0.2) is 9.13 Å². The van der Waals surface area contributed by atoms with Crippen LogP contribution in [0.5, 0.6) is 0 Å². The van der Waals surface area contributed by atoms with E-state index in [0.29, 0.717) is 0 Å². The molecule has 0 atom stereocenters. The van der Waals surface area contributed by atoms with Crippen LogP contribution in [0.2, 0.25) is 0 Å². The van der Waals surface area contributed by atoms with Gasteiger partial charge in [0.2, 0.25) is 0 Å². The summed E-state index contributed by atoms with van der Waals surface area (Å²) >= 11 is 19.1. The number of hydrogen-bond donors (Lipinski definition) is 8. The van der Waals surface area contributed by atoms with Crippen molar-refractivity contribution in [3.05, 3.63) is 249 Å². The van der Waals surface area contributed by atoms with Gasteiger partial charge in [-0.3, -0.25) is 0 Å². The summed E-state index contributed by atoms with van der Waals surface area (Å²) in [6.07, 6.45) is 10.9. The van der Waals surface area contributed by atoms with Crippen LogP contribution >= 0.6 is 46.4 Å². The van der Waals surface area contributed by atoms with Crippen molar-refractivity contribution in [3.63, 3.8) is 0 Å². The van der Waals surface area contributed by atoms with E-state index >= 15 is 0 Å². The van der Waals surface area contributed by atoms with Crippen molar-refractivity contribution in [3.8, 4) is 0 Å². The van der Waals surface area contributed by atoms with Crippen molar-refractivity contribution in [2.75, 3.05) is 10.7 Å². The molecule has 0 unspecified atom stereocenters. The first kappa shape index (κ1) is 71.7. The van der Waals surface area contributed by atoms with Crippen molar-refractivity contribution in [2.45, 2.75) is 180 Å². The first-order chi connectivity index (χ1) is 40.5. The van der Waals surface area contributed by atoms with Crippen LogP contribution in [0.4, 0.5) is 0 Å². The summed E-state index contributed by atoms with van der Waals surface area (Å²) < 4.78 is 4.46. The fourth-order valence-electron chi connectivity index (χ4n) is 11.9. The Kier molecular flexibility index (Phi) is 23.2. The third-order valence-electron chi connectivity index (χ3n) is 18.9. The first-order valence-corrected chi connectivity index (χ1v) is 32.3. The maximum atomic E-state index is 4.76. The predicted octanol–water partition coefficient (Wildman–Crippen LogP) is 11.8. The van der Waals surface area contributed by atoms with Gasteiger partial charge in [0, 0.05) is 172 Å². The summed E-state index contributed by atoms with van der Waals surface area (Å²) in [7, 11) is 0. The molecular formula is C72H94Br2Cl4N10. The normalized spacial score (nSPS) is 17.0. The van der Waals surface area contributed by atoms with E-state index in [1.807, 2.05) is 0 Å². The minimum absolute atomic E-state index is 0. The molecule has 12 heterocycles. The number of unbranched alkanes of at least 4 members (excludes halogenated alkanes) is 1. The van der Waals surface area contributed by atoms with Crippen LogP contribution in [0.25, 0.3) is 0 Å². The van der Waals surface area contributed by atoms with Crippen LogP contribution in [-0.2, 0) is 56.4 Å². The van der Waals surface area contributed by atoms with Gasteiger partial charge in [-0.05, 0) is 208 Å². The van der Waals surface area contributed by atoms with E-state index in [0.717, 1.165) is 13.1 Å². The highest BCUT2D eigenvalue weighted by Crippen LogP contribution is 2.43. The highest BCUT2D eigenvalue weighted by Gasteiger charge is 2.39. The Morgan fingerprint density at radius 1 is 0.239 bits per heavy atom. The molecule has 0 aromatic carbocycles. The molecule has 88 heavy (non-hydrogen) atoms. The van der Waals surface area contributed by atoms with Gasteiger partial charge in [-0.15, -0.1) is 46.4 Å². The molecule has 0 spiro atoms.